The van der Waals surface area contributed by atoms with Crippen molar-refractivity contribution in [2.75, 3.05) is 19.7 Å². The zero-order valence-corrected chi connectivity index (χ0v) is 10.8. The van der Waals surface area contributed by atoms with Crippen LogP contribution >= 0.6 is 12.4 Å². The van der Waals surface area contributed by atoms with Gasteiger partial charge in [-0.25, -0.2) is 0 Å². The molecule has 0 aliphatic carbocycles. The zero-order valence-electron chi connectivity index (χ0n) is 9.94. The molecule has 2 saturated heterocycles. The number of ether oxygens (including phenoxy) is 1. The van der Waals surface area contributed by atoms with E-state index in [0.29, 0.717) is 25.2 Å². The third-order valence-electron chi connectivity index (χ3n) is 3.41. The Morgan fingerprint density at radius 3 is 2.44 bits per heavy atom. The minimum absolute atomic E-state index is 0. The van der Waals surface area contributed by atoms with Gasteiger partial charge in [-0.1, -0.05) is 0 Å². The van der Waals surface area contributed by atoms with Crippen molar-refractivity contribution in [1.29, 1.82) is 0 Å². The van der Waals surface area contributed by atoms with E-state index in [4.69, 9.17) is 4.74 Å². The Bertz CT molecular complexity index is 234. The van der Waals surface area contributed by atoms with Gasteiger partial charge in [-0.15, -0.1) is 12.4 Å². The SMILES string of the molecule is CC1CCC(C)N1C(=O)[C@H]1CNCCO1.Cl. The fraction of sp³-hybridized carbons (Fsp3) is 0.909. The first kappa shape index (κ1) is 13.7. The fourth-order valence-electron chi connectivity index (χ4n) is 2.52. The van der Waals surface area contributed by atoms with Crippen LogP contribution in [0.2, 0.25) is 0 Å². The van der Waals surface area contributed by atoms with Crippen LogP contribution in [0, 0.1) is 0 Å². The van der Waals surface area contributed by atoms with Gasteiger partial charge in [0.1, 0.15) is 6.10 Å². The predicted octanol–water partition coefficient (Wildman–Crippen LogP) is 0.796. The Kier molecular flexibility index (Phi) is 5.02. The van der Waals surface area contributed by atoms with E-state index in [1.807, 2.05) is 4.90 Å². The van der Waals surface area contributed by atoms with Gasteiger partial charge in [-0.3, -0.25) is 4.79 Å². The van der Waals surface area contributed by atoms with Gasteiger partial charge in [0.15, 0.2) is 0 Å². The second kappa shape index (κ2) is 5.84. The monoisotopic (exact) mass is 248 g/mol. The Morgan fingerprint density at radius 1 is 1.31 bits per heavy atom. The van der Waals surface area contributed by atoms with E-state index in [1.165, 1.54) is 0 Å². The molecule has 5 heteroatoms. The first-order valence-corrected chi connectivity index (χ1v) is 5.84. The number of likely N-dealkylation sites (tertiary alicyclic amines) is 1. The minimum Gasteiger partial charge on any atom is -0.366 e. The molecular formula is C11H21ClN2O2. The van der Waals surface area contributed by atoms with Crippen molar-refractivity contribution in [2.45, 2.75) is 44.9 Å². The molecule has 2 unspecified atom stereocenters. The average Bonchev–Trinajstić information content (AvgIpc) is 2.59. The summed E-state index contributed by atoms with van der Waals surface area (Å²) in [5.74, 6) is 0.166. The summed E-state index contributed by atoms with van der Waals surface area (Å²) in [6, 6.07) is 0.746. The zero-order chi connectivity index (χ0) is 10.8. The third-order valence-corrected chi connectivity index (χ3v) is 3.41. The summed E-state index contributed by atoms with van der Waals surface area (Å²) in [5.41, 5.74) is 0. The molecule has 0 bridgehead atoms. The van der Waals surface area contributed by atoms with E-state index in [-0.39, 0.29) is 24.4 Å². The number of morpholine rings is 1. The second-order valence-electron chi connectivity index (χ2n) is 4.58. The van der Waals surface area contributed by atoms with Gasteiger partial charge in [-0.2, -0.15) is 0 Å². The van der Waals surface area contributed by atoms with Crippen molar-refractivity contribution < 1.29 is 9.53 Å². The molecule has 1 amide bonds. The number of carbonyl (C=O) groups is 1. The predicted molar refractivity (Wildman–Crippen MR) is 64.9 cm³/mol. The fourth-order valence-corrected chi connectivity index (χ4v) is 2.52. The van der Waals surface area contributed by atoms with Crippen LogP contribution in [0.25, 0.3) is 0 Å². The number of hydrogen-bond donors (Lipinski definition) is 1. The molecule has 0 aromatic heterocycles. The van der Waals surface area contributed by atoms with Crippen LogP contribution in [-0.2, 0) is 9.53 Å². The van der Waals surface area contributed by atoms with Crippen molar-refractivity contribution in [1.82, 2.24) is 10.2 Å². The molecule has 0 aromatic carbocycles. The van der Waals surface area contributed by atoms with Crippen LogP contribution in [0.1, 0.15) is 26.7 Å². The van der Waals surface area contributed by atoms with E-state index in [1.54, 1.807) is 0 Å². The summed E-state index contributed by atoms with van der Waals surface area (Å²) < 4.78 is 5.50. The Balaban J connectivity index is 0.00000128. The minimum atomic E-state index is -0.262. The Labute approximate surface area is 103 Å². The van der Waals surface area contributed by atoms with Gasteiger partial charge in [0, 0.05) is 25.2 Å². The molecule has 94 valence electrons. The molecule has 2 fully saturated rings. The molecule has 0 radical (unpaired) electrons. The molecule has 0 aromatic rings. The number of hydrogen-bond acceptors (Lipinski definition) is 3. The topological polar surface area (TPSA) is 41.6 Å². The second-order valence-corrected chi connectivity index (χ2v) is 4.58. The van der Waals surface area contributed by atoms with E-state index < -0.39 is 0 Å². The first-order valence-electron chi connectivity index (χ1n) is 5.84. The van der Waals surface area contributed by atoms with E-state index >= 15 is 0 Å². The highest BCUT2D eigenvalue weighted by Gasteiger charge is 2.36. The van der Waals surface area contributed by atoms with Crippen molar-refractivity contribution in [3.63, 3.8) is 0 Å². The summed E-state index contributed by atoms with van der Waals surface area (Å²) in [5, 5.41) is 3.20. The lowest BCUT2D eigenvalue weighted by Crippen LogP contribution is -2.51. The Morgan fingerprint density at radius 2 is 1.94 bits per heavy atom. The van der Waals surface area contributed by atoms with Crippen molar-refractivity contribution in [3.8, 4) is 0 Å². The lowest BCUT2D eigenvalue weighted by molar-refractivity contribution is -0.147. The maximum absolute atomic E-state index is 12.2. The van der Waals surface area contributed by atoms with Gasteiger partial charge in [0.05, 0.1) is 6.61 Å². The number of rotatable bonds is 1. The summed E-state index contributed by atoms with van der Waals surface area (Å²) in [6.45, 7) is 6.41. The van der Waals surface area contributed by atoms with Crippen LogP contribution in [0.15, 0.2) is 0 Å². The molecule has 4 nitrogen and oxygen atoms in total. The molecule has 16 heavy (non-hydrogen) atoms. The summed E-state index contributed by atoms with van der Waals surface area (Å²) in [6.07, 6.45) is 1.97. The molecule has 3 atom stereocenters. The Hall–Kier alpha value is -0.320. The number of nitrogens with zero attached hydrogens (tertiary/aromatic N) is 1. The highest BCUT2D eigenvalue weighted by atomic mass is 35.5. The molecule has 2 rings (SSSR count). The molecule has 0 saturated carbocycles. The summed E-state index contributed by atoms with van der Waals surface area (Å²) in [4.78, 5) is 14.2. The van der Waals surface area contributed by atoms with E-state index in [0.717, 1.165) is 19.4 Å². The van der Waals surface area contributed by atoms with Crippen molar-refractivity contribution in [3.05, 3.63) is 0 Å². The van der Waals surface area contributed by atoms with Gasteiger partial charge < -0.3 is 15.0 Å². The van der Waals surface area contributed by atoms with Crippen LogP contribution in [0.3, 0.4) is 0 Å². The number of amides is 1. The van der Waals surface area contributed by atoms with Crippen LogP contribution in [-0.4, -0.2) is 48.7 Å². The lowest BCUT2D eigenvalue weighted by Gasteiger charge is -2.32. The smallest absolute Gasteiger partial charge is 0.253 e. The van der Waals surface area contributed by atoms with E-state index in [2.05, 4.69) is 19.2 Å². The number of halogens is 1. The molecule has 1 N–H and O–H groups in total. The lowest BCUT2D eigenvalue weighted by atomic mass is 10.2. The first-order chi connectivity index (χ1) is 7.20. The maximum atomic E-state index is 12.2. The highest BCUT2D eigenvalue weighted by molar-refractivity contribution is 5.85. The standard InChI is InChI=1S/C11H20N2O2.ClH/c1-8-3-4-9(2)13(8)11(14)10-7-12-5-6-15-10;/h8-10,12H,3-7H2,1-2H3;1H/t8?,9?,10-;/m1./s1. The molecule has 0 spiro atoms. The van der Waals surface area contributed by atoms with Crippen molar-refractivity contribution in [2.24, 2.45) is 0 Å². The van der Waals surface area contributed by atoms with Crippen LogP contribution in [0.5, 0.6) is 0 Å². The van der Waals surface area contributed by atoms with Crippen molar-refractivity contribution >= 4 is 18.3 Å². The highest BCUT2D eigenvalue weighted by Crippen LogP contribution is 2.24. The molecule has 2 aliphatic rings. The van der Waals surface area contributed by atoms with Gasteiger partial charge in [-0.05, 0) is 26.7 Å². The molecular weight excluding hydrogens is 228 g/mol. The third kappa shape index (κ3) is 2.67. The van der Waals surface area contributed by atoms with Gasteiger partial charge >= 0.3 is 0 Å². The average molecular weight is 249 g/mol. The van der Waals surface area contributed by atoms with Crippen LogP contribution in [0.4, 0.5) is 0 Å². The summed E-state index contributed by atoms with van der Waals surface area (Å²) in [7, 11) is 0. The quantitative estimate of drug-likeness (QED) is 0.746. The van der Waals surface area contributed by atoms with E-state index in [9.17, 15) is 4.79 Å². The number of nitrogens with one attached hydrogen (secondary N) is 1. The molecule has 2 aliphatic heterocycles. The summed E-state index contributed by atoms with van der Waals surface area (Å²) >= 11 is 0. The van der Waals surface area contributed by atoms with Gasteiger partial charge in [0.2, 0.25) is 0 Å². The normalized spacial score (nSPS) is 34.6. The maximum Gasteiger partial charge on any atom is 0.253 e. The van der Waals surface area contributed by atoms with Gasteiger partial charge in [0.25, 0.3) is 5.91 Å². The van der Waals surface area contributed by atoms with Crippen LogP contribution < -0.4 is 5.32 Å². The molecule has 2 heterocycles. The largest absolute Gasteiger partial charge is 0.366 e. The number of carbonyl (C=O) groups excluding carboxylic acids is 1.